The number of para-hydroxylation sites is 1. The topological polar surface area (TPSA) is 91.2 Å². The molecule has 0 atom stereocenters. The number of aryl methyl sites for hydroxylation is 1. The molecule has 140 valence electrons. The average Bonchev–Trinajstić information content (AvgIpc) is 2.95. The highest BCUT2D eigenvalue weighted by Crippen LogP contribution is 2.31. The van der Waals surface area contributed by atoms with Crippen LogP contribution in [0.4, 0.5) is 5.69 Å². The minimum atomic E-state index is -0.343. The normalized spacial score (nSPS) is 10.6. The summed E-state index contributed by atoms with van der Waals surface area (Å²) in [6.07, 6.45) is 3.08. The molecule has 0 radical (unpaired) electrons. The van der Waals surface area contributed by atoms with E-state index >= 15 is 0 Å². The smallest absolute Gasteiger partial charge is 0.259 e. The molecule has 0 unspecified atom stereocenters. The fraction of sp³-hybridized carbons (Fsp3) is 0.263. The van der Waals surface area contributed by atoms with Crippen molar-refractivity contribution >= 4 is 11.6 Å². The monoisotopic (exact) mass is 367 g/mol. The Morgan fingerprint density at radius 1 is 1.07 bits per heavy atom. The molecule has 0 aliphatic rings. The van der Waals surface area contributed by atoms with Gasteiger partial charge in [-0.15, -0.1) is 0 Å². The van der Waals surface area contributed by atoms with Crippen molar-refractivity contribution in [3.8, 4) is 17.4 Å². The average molecular weight is 367 g/mol. The van der Waals surface area contributed by atoms with Gasteiger partial charge in [0.15, 0.2) is 11.5 Å². The molecule has 8 nitrogen and oxygen atoms in total. The van der Waals surface area contributed by atoms with E-state index in [1.54, 1.807) is 35.3 Å². The predicted molar refractivity (Wildman–Crippen MR) is 101 cm³/mol. The van der Waals surface area contributed by atoms with E-state index in [1.165, 1.54) is 14.2 Å². The Bertz CT molecular complexity index is 980. The minimum absolute atomic E-state index is 0.343. The van der Waals surface area contributed by atoms with E-state index in [4.69, 9.17) is 9.47 Å². The van der Waals surface area contributed by atoms with Crippen molar-refractivity contribution < 1.29 is 14.3 Å². The number of anilines is 1. The highest BCUT2D eigenvalue weighted by Gasteiger charge is 2.17. The highest BCUT2D eigenvalue weighted by molar-refractivity contribution is 6.06. The van der Waals surface area contributed by atoms with Gasteiger partial charge < -0.3 is 14.8 Å². The number of nitrogens with zero attached hydrogens (tertiary/aromatic N) is 4. The van der Waals surface area contributed by atoms with Gasteiger partial charge in [0, 0.05) is 5.69 Å². The Kier molecular flexibility index (Phi) is 5.07. The molecule has 27 heavy (non-hydrogen) atoms. The Morgan fingerprint density at radius 2 is 1.78 bits per heavy atom. The third-order valence-corrected chi connectivity index (χ3v) is 4.39. The second kappa shape index (κ2) is 7.45. The van der Waals surface area contributed by atoms with E-state index in [2.05, 4.69) is 20.4 Å². The molecule has 0 aliphatic carbocycles. The molecule has 0 spiro atoms. The van der Waals surface area contributed by atoms with Crippen LogP contribution in [0.2, 0.25) is 0 Å². The van der Waals surface area contributed by atoms with E-state index in [-0.39, 0.29) is 5.91 Å². The predicted octanol–water partition coefficient (Wildman–Crippen LogP) is 2.86. The number of benzene rings is 1. The van der Waals surface area contributed by atoms with Gasteiger partial charge in [0.05, 0.1) is 43.6 Å². The fourth-order valence-electron chi connectivity index (χ4n) is 2.67. The zero-order chi connectivity index (χ0) is 19.6. The fourth-order valence-corrected chi connectivity index (χ4v) is 2.67. The lowest BCUT2D eigenvalue weighted by Gasteiger charge is -2.12. The summed E-state index contributed by atoms with van der Waals surface area (Å²) in [6.45, 7) is 5.91. The van der Waals surface area contributed by atoms with Crippen LogP contribution in [0.1, 0.15) is 27.3 Å². The molecule has 1 N–H and O–H groups in total. The number of methoxy groups -OCH3 is 2. The number of carbonyl (C=O) groups is 1. The largest absolute Gasteiger partial charge is 0.493 e. The minimum Gasteiger partial charge on any atom is -0.493 e. The van der Waals surface area contributed by atoms with Gasteiger partial charge in [0.1, 0.15) is 0 Å². The quantitative estimate of drug-likeness (QED) is 0.746. The molecule has 3 aromatic rings. The molecule has 3 rings (SSSR count). The number of rotatable bonds is 5. The summed E-state index contributed by atoms with van der Waals surface area (Å²) in [6, 6.07) is 5.11. The highest BCUT2D eigenvalue weighted by atomic mass is 16.5. The second-order valence-electron chi connectivity index (χ2n) is 5.97. The molecule has 0 fully saturated rings. The lowest BCUT2D eigenvalue weighted by Crippen LogP contribution is -2.14. The summed E-state index contributed by atoms with van der Waals surface area (Å²) in [7, 11) is 3.01. The van der Waals surface area contributed by atoms with E-state index in [0.29, 0.717) is 28.7 Å². The van der Waals surface area contributed by atoms with Gasteiger partial charge in [0.2, 0.25) is 0 Å². The van der Waals surface area contributed by atoms with Gasteiger partial charge in [0.25, 0.3) is 11.9 Å². The Labute approximate surface area is 157 Å². The van der Waals surface area contributed by atoms with Gasteiger partial charge in [-0.2, -0.15) is 5.10 Å². The van der Waals surface area contributed by atoms with E-state index in [0.717, 1.165) is 17.0 Å². The van der Waals surface area contributed by atoms with Crippen LogP contribution in [-0.2, 0) is 0 Å². The number of hydrogen-bond acceptors (Lipinski definition) is 6. The maximum atomic E-state index is 12.6. The van der Waals surface area contributed by atoms with Crippen LogP contribution in [0, 0.1) is 20.8 Å². The molecule has 0 saturated heterocycles. The maximum absolute atomic E-state index is 12.6. The van der Waals surface area contributed by atoms with Crippen LogP contribution >= 0.6 is 0 Å². The number of hydrogen-bond donors (Lipinski definition) is 1. The first kappa shape index (κ1) is 18.4. The summed E-state index contributed by atoms with van der Waals surface area (Å²) >= 11 is 0. The summed E-state index contributed by atoms with van der Waals surface area (Å²) in [5.74, 6) is 0.953. The number of ether oxygens (including phenoxy) is 2. The van der Waals surface area contributed by atoms with Gasteiger partial charge in [-0.3, -0.25) is 4.79 Å². The van der Waals surface area contributed by atoms with Gasteiger partial charge in [-0.05, 0) is 38.5 Å². The summed E-state index contributed by atoms with van der Waals surface area (Å²) in [5, 5.41) is 7.20. The van der Waals surface area contributed by atoms with Crippen molar-refractivity contribution in [3.63, 3.8) is 0 Å². The van der Waals surface area contributed by atoms with Crippen LogP contribution in [0.25, 0.3) is 5.95 Å². The Balaban J connectivity index is 1.83. The third-order valence-electron chi connectivity index (χ3n) is 4.39. The SMILES string of the molecule is COc1cccc(C(=O)Nc2cnc(-n3nc(C)c(C)c3C)nc2)c1OC. The number of nitrogens with one attached hydrogen (secondary N) is 1. The van der Waals surface area contributed by atoms with Crippen LogP contribution in [-0.4, -0.2) is 39.9 Å². The number of amides is 1. The molecule has 2 heterocycles. The van der Waals surface area contributed by atoms with Crippen molar-refractivity contribution in [1.29, 1.82) is 0 Å². The molecular weight excluding hydrogens is 346 g/mol. The molecule has 1 aromatic carbocycles. The van der Waals surface area contributed by atoms with Gasteiger partial charge >= 0.3 is 0 Å². The van der Waals surface area contributed by atoms with Gasteiger partial charge in [-0.25, -0.2) is 14.6 Å². The zero-order valence-electron chi connectivity index (χ0n) is 15.9. The van der Waals surface area contributed by atoms with Crippen LogP contribution in [0.3, 0.4) is 0 Å². The lowest BCUT2D eigenvalue weighted by molar-refractivity contribution is 0.102. The Hall–Kier alpha value is -3.42. The van der Waals surface area contributed by atoms with Crippen LogP contribution in [0.5, 0.6) is 11.5 Å². The molecule has 8 heteroatoms. The van der Waals surface area contributed by atoms with E-state index < -0.39 is 0 Å². The van der Waals surface area contributed by atoms with E-state index in [1.807, 2.05) is 20.8 Å². The summed E-state index contributed by atoms with van der Waals surface area (Å²) in [4.78, 5) is 21.2. The standard InChI is InChI=1S/C19H21N5O3/c1-11-12(2)23-24(13(11)3)19-20-9-14(10-21-19)22-18(25)15-7-6-8-16(26-4)17(15)27-5/h6-10H,1-5H3,(H,22,25). The Morgan fingerprint density at radius 3 is 2.33 bits per heavy atom. The lowest BCUT2D eigenvalue weighted by atomic mass is 10.1. The first-order valence-electron chi connectivity index (χ1n) is 8.33. The van der Waals surface area contributed by atoms with Crippen LogP contribution < -0.4 is 14.8 Å². The van der Waals surface area contributed by atoms with E-state index in [9.17, 15) is 4.79 Å². The number of carbonyl (C=O) groups excluding carboxylic acids is 1. The van der Waals surface area contributed by atoms with Crippen LogP contribution in [0.15, 0.2) is 30.6 Å². The first-order chi connectivity index (χ1) is 13.0. The summed E-state index contributed by atoms with van der Waals surface area (Å²) in [5.41, 5.74) is 3.83. The molecule has 0 saturated carbocycles. The third kappa shape index (κ3) is 3.46. The van der Waals surface area contributed by atoms with Crippen molar-refractivity contribution in [1.82, 2.24) is 19.7 Å². The molecule has 1 amide bonds. The zero-order valence-corrected chi connectivity index (χ0v) is 15.9. The van der Waals surface area contributed by atoms with Gasteiger partial charge in [-0.1, -0.05) is 6.07 Å². The molecular formula is C19H21N5O3. The maximum Gasteiger partial charge on any atom is 0.259 e. The van der Waals surface area contributed by atoms with Crippen molar-refractivity contribution in [3.05, 3.63) is 53.1 Å². The molecule has 2 aromatic heterocycles. The van der Waals surface area contributed by atoms with Crippen molar-refractivity contribution in [2.75, 3.05) is 19.5 Å². The number of aromatic nitrogens is 4. The summed E-state index contributed by atoms with van der Waals surface area (Å²) < 4.78 is 12.2. The molecule has 0 aliphatic heterocycles. The first-order valence-corrected chi connectivity index (χ1v) is 8.33. The van der Waals surface area contributed by atoms with Crippen molar-refractivity contribution in [2.45, 2.75) is 20.8 Å². The second-order valence-corrected chi connectivity index (χ2v) is 5.97. The molecule has 0 bridgehead atoms. The van der Waals surface area contributed by atoms with Crippen molar-refractivity contribution in [2.24, 2.45) is 0 Å².